The molecule has 224 valence electrons. The summed E-state index contributed by atoms with van der Waals surface area (Å²) in [7, 11) is -4.11. The minimum absolute atomic E-state index is 0.0812. The standard InChI is InChI=1S/C33H41N3O5S/c1-4-41-30-18-16-29(17-19-30)36(42(39,40)31-20-14-25(2)15-21-31)24-32(37)35(23-22-27-10-6-5-7-11-27)26(3)33(38)34-28-12-8-9-13-28/h5-7,10-11,14-21,26,28H,4,8-9,12-13,22-24H2,1-3H3,(H,34,38). The summed E-state index contributed by atoms with van der Waals surface area (Å²) in [5.74, 6) is -0.0798. The van der Waals surface area contributed by atoms with Gasteiger partial charge in [0.25, 0.3) is 10.0 Å². The first-order chi connectivity index (χ1) is 20.2. The summed E-state index contributed by atoms with van der Waals surface area (Å²) in [6.07, 6.45) is 4.53. The van der Waals surface area contributed by atoms with E-state index in [-0.39, 0.29) is 23.4 Å². The van der Waals surface area contributed by atoms with Crippen LogP contribution in [0.1, 0.15) is 50.7 Å². The third-order valence-electron chi connectivity index (χ3n) is 7.68. The number of benzene rings is 3. The normalized spacial score (nSPS) is 14.3. The van der Waals surface area contributed by atoms with E-state index in [0.717, 1.165) is 41.1 Å². The molecule has 1 saturated carbocycles. The Kier molecular flexibility index (Phi) is 10.6. The number of amides is 2. The Morgan fingerprint density at radius 1 is 0.952 bits per heavy atom. The van der Waals surface area contributed by atoms with Crippen molar-refractivity contribution in [3.63, 3.8) is 0 Å². The van der Waals surface area contributed by atoms with Gasteiger partial charge in [0.15, 0.2) is 0 Å². The van der Waals surface area contributed by atoms with E-state index < -0.39 is 28.5 Å². The van der Waals surface area contributed by atoms with E-state index in [1.54, 1.807) is 55.5 Å². The number of aryl methyl sites for hydroxylation is 1. The number of sulfonamides is 1. The molecule has 2 amide bonds. The van der Waals surface area contributed by atoms with Crippen molar-refractivity contribution >= 4 is 27.5 Å². The zero-order chi connectivity index (χ0) is 30.1. The van der Waals surface area contributed by atoms with Crippen molar-refractivity contribution in [3.05, 3.63) is 90.0 Å². The molecule has 1 N–H and O–H groups in total. The zero-order valence-electron chi connectivity index (χ0n) is 24.7. The second-order valence-corrected chi connectivity index (χ2v) is 12.6. The molecule has 0 radical (unpaired) electrons. The Morgan fingerprint density at radius 2 is 1.60 bits per heavy atom. The Morgan fingerprint density at radius 3 is 2.21 bits per heavy atom. The molecule has 1 unspecified atom stereocenters. The van der Waals surface area contributed by atoms with E-state index in [0.29, 0.717) is 24.5 Å². The summed E-state index contributed by atoms with van der Waals surface area (Å²) in [6.45, 7) is 5.74. The average Bonchev–Trinajstić information content (AvgIpc) is 3.50. The average molecular weight is 592 g/mol. The highest BCUT2D eigenvalue weighted by molar-refractivity contribution is 7.92. The van der Waals surface area contributed by atoms with Crippen LogP contribution < -0.4 is 14.4 Å². The number of hydrogen-bond donors (Lipinski definition) is 1. The SMILES string of the molecule is CCOc1ccc(N(CC(=O)N(CCc2ccccc2)C(C)C(=O)NC2CCCC2)S(=O)(=O)c2ccc(C)cc2)cc1. The number of anilines is 1. The van der Waals surface area contributed by atoms with Crippen molar-refractivity contribution in [2.45, 2.75) is 69.9 Å². The molecule has 4 rings (SSSR count). The van der Waals surface area contributed by atoms with E-state index in [4.69, 9.17) is 4.74 Å². The Balaban J connectivity index is 1.64. The van der Waals surface area contributed by atoms with Crippen molar-refractivity contribution in [2.24, 2.45) is 0 Å². The molecule has 0 aromatic heterocycles. The van der Waals surface area contributed by atoms with Crippen LogP contribution in [0.3, 0.4) is 0 Å². The third-order valence-corrected chi connectivity index (χ3v) is 9.46. The predicted molar refractivity (Wildman–Crippen MR) is 165 cm³/mol. The summed E-state index contributed by atoms with van der Waals surface area (Å²) in [6, 6.07) is 22.2. The lowest BCUT2D eigenvalue weighted by Gasteiger charge is -2.32. The number of nitrogens with one attached hydrogen (secondary N) is 1. The Hall–Kier alpha value is -3.85. The molecule has 1 fully saturated rings. The van der Waals surface area contributed by atoms with Gasteiger partial charge in [-0.2, -0.15) is 0 Å². The lowest BCUT2D eigenvalue weighted by Crippen LogP contribution is -2.53. The first-order valence-corrected chi connectivity index (χ1v) is 16.1. The fraction of sp³-hybridized carbons (Fsp3) is 0.394. The number of hydrogen-bond acceptors (Lipinski definition) is 5. The fourth-order valence-corrected chi connectivity index (χ4v) is 6.62. The smallest absolute Gasteiger partial charge is 0.264 e. The van der Waals surface area contributed by atoms with Gasteiger partial charge in [-0.25, -0.2) is 8.42 Å². The van der Waals surface area contributed by atoms with Gasteiger partial charge in [-0.05, 0) is 82.0 Å². The van der Waals surface area contributed by atoms with Crippen molar-refractivity contribution in [3.8, 4) is 5.75 Å². The molecular weight excluding hydrogens is 550 g/mol. The van der Waals surface area contributed by atoms with Gasteiger partial charge in [0, 0.05) is 12.6 Å². The summed E-state index contributed by atoms with van der Waals surface area (Å²) < 4.78 is 34.6. The predicted octanol–water partition coefficient (Wildman–Crippen LogP) is 5.11. The van der Waals surface area contributed by atoms with Gasteiger partial charge in [-0.15, -0.1) is 0 Å². The lowest BCUT2D eigenvalue weighted by molar-refractivity contribution is -0.139. The van der Waals surface area contributed by atoms with Gasteiger partial charge >= 0.3 is 0 Å². The molecule has 0 heterocycles. The first-order valence-electron chi connectivity index (χ1n) is 14.6. The van der Waals surface area contributed by atoms with E-state index >= 15 is 0 Å². The van der Waals surface area contributed by atoms with Crippen LogP contribution >= 0.6 is 0 Å². The van der Waals surface area contributed by atoms with Crippen LogP contribution in [0.15, 0.2) is 83.8 Å². The van der Waals surface area contributed by atoms with Crippen LogP contribution in [0.25, 0.3) is 0 Å². The fourth-order valence-electron chi connectivity index (χ4n) is 5.20. The number of rotatable bonds is 13. The molecule has 0 saturated heterocycles. The number of carbonyl (C=O) groups excluding carboxylic acids is 2. The van der Waals surface area contributed by atoms with Crippen LogP contribution in [0.5, 0.6) is 5.75 Å². The molecule has 0 spiro atoms. The number of nitrogens with zero attached hydrogens (tertiary/aromatic N) is 2. The van der Waals surface area contributed by atoms with Gasteiger partial charge < -0.3 is 15.0 Å². The highest BCUT2D eigenvalue weighted by Crippen LogP contribution is 2.27. The summed E-state index contributed by atoms with van der Waals surface area (Å²) in [5.41, 5.74) is 2.28. The van der Waals surface area contributed by atoms with Gasteiger partial charge in [0.1, 0.15) is 18.3 Å². The summed E-state index contributed by atoms with van der Waals surface area (Å²) in [5, 5.41) is 3.10. The minimum Gasteiger partial charge on any atom is -0.494 e. The van der Waals surface area contributed by atoms with Gasteiger partial charge in [0.2, 0.25) is 11.8 Å². The second kappa shape index (κ2) is 14.4. The molecule has 3 aromatic carbocycles. The molecule has 1 aliphatic carbocycles. The highest BCUT2D eigenvalue weighted by atomic mass is 32.2. The maximum absolute atomic E-state index is 14.0. The van der Waals surface area contributed by atoms with Crippen molar-refractivity contribution in [2.75, 3.05) is 24.0 Å². The van der Waals surface area contributed by atoms with Crippen LogP contribution in [0.4, 0.5) is 5.69 Å². The molecule has 0 aliphatic heterocycles. The van der Waals surface area contributed by atoms with Gasteiger partial charge in [-0.1, -0.05) is 60.9 Å². The number of carbonyl (C=O) groups is 2. The van der Waals surface area contributed by atoms with Crippen molar-refractivity contribution < 1.29 is 22.7 Å². The lowest BCUT2D eigenvalue weighted by atomic mass is 10.1. The highest BCUT2D eigenvalue weighted by Gasteiger charge is 2.33. The van der Waals surface area contributed by atoms with Crippen molar-refractivity contribution in [1.29, 1.82) is 0 Å². The van der Waals surface area contributed by atoms with Crippen LogP contribution in [0, 0.1) is 6.92 Å². The largest absolute Gasteiger partial charge is 0.494 e. The molecule has 8 nitrogen and oxygen atoms in total. The zero-order valence-corrected chi connectivity index (χ0v) is 25.5. The molecule has 1 aliphatic rings. The topological polar surface area (TPSA) is 96.0 Å². The molecule has 0 bridgehead atoms. The molecule has 3 aromatic rings. The Bertz CT molecular complexity index is 1420. The quantitative estimate of drug-likeness (QED) is 0.298. The third kappa shape index (κ3) is 7.91. The van der Waals surface area contributed by atoms with Crippen LogP contribution in [-0.2, 0) is 26.0 Å². The summed E-state index contributed by atoms with van der Waals surface area (Å²) in [4.78, 5) is 28.9. The van der Waals surface area contributed by atoms with E-state index in [2.05, 4.69) is 5.32 Å². The summed E-state index contributed by atoms with van der Waals surface area (Å²) >= 11 is 0. The van der Waals surface area contributed by atoms with E-state index in [9.17, 15) is 18.0 Å². The number of ether oxygens (including phenoxy) is 1. The monoisotopic (exact) mass is 591 g/mol. The molecular formula is C33H41N3O5S. The van der Waals surface area contributed by atoms with Gasteiger partial charge in [0.05, 0.1) is 17.2 Å². The van der Waals surface area contributed by atoms with E-state index in [1.165, 1.54) is 4.90 Å². The maximum atomic E-state index is 14.0. The van der Waals surface area contributed by atoms with Crippen molar-refractivity contribution in [1.82, 2.24) is 10.2 Å². The maximum Gasteiger partial charge on any atom is 0.264 e. The molecule has 1 atom stereocenters. The van der Waals surface area contributed by atoms with Gasteiger partial charge in [-0.3, -0.25) is 13.9 Å². The van der Waals surface area contributed by atoms with Crippen LogP contribution in [-0.4, -0.2) is 56.9 Å². The Labute approximate surface area is 249 Å². The van der Waals surface area contributed by atoms with E-state index in [1.807, 2.05) is 44.2 Å². The molecule has 42 heavy (non-hydrogen) atoms. The molecule has 9 heteroatoms. The van der Waals surface area contributed by atoms with Crippen LogP contribution in [0.2, 0.25) is 0 Å². The second-order valence-electron chi connectivity index (χ2n) is 10.7. The minimum atomic E-state index is -4.11. The first kappa shape index (κ1) is 31.1.